The smallest absolute Gasteiger partial charge is 0.135 e. The molecular weight excluding hydrogens is 150 g/mol. The summed E-state index contributed by atoms with van der Waals surface area (Å²) in [6, 6.07) is 0.323. The van der Waals surface area contributed by atoms with Crippen molar-refractivity contribution in [2.45, 2.75) is 47.1 Å². The topological polar surface area (TPSA) is 29.4 Å². The van der Waals surface area contributed by atoms with Gasteiger partial charge in [0.15, 0.2) is 0 Å². The molecule has 0 radical (unpaired) electrons. The molecule has 0 aromatic carbocycles. The summed E-state index contributed by atoms with van der Waals surface area (Å²) in [5, 5.41) is 0. The number of carbonyl (C=O) groups is 1. The largest absolute Gasteiger partial charge is 0.300 e. The van der Waals surface area contributed by atoms with Crippen molar-refractivity contribution >= 4 is 11.5 Å². The third-order valence-corrected chi connectivity index (χ3v) is 1.89. The Morgan fingerprint density at radius 3 is 2.08 bits per heavy atom. The highest BCUT2D eigenvalue weighted by Crippen LogP contribution is 2.05. The van der Waals surface area contributed by atoms with Crippen molar-refractivity contribution in [2.75, 3.05) is 0 Å². The Hall–Kier alpha value is -0.660. The van der Waals surface area contributed by atoms with E-state index in [1.165, 1.54) is 0 Å². The highest BCUT2D eigenvalue weighted by atomic mass is 16.1. The van der Waals surface area contributed by atoms with E-state index < -0.39 is 0 Å². The van der Waals surface area contributed by atoms with Crippen LogP contribution in [0.1, 0.15) is 41.0 Å². The first-order valence-corrected chi connectivity index (χ1v) is 4.46. The molecular formula is C10H19NO. The van der Waals surface area contributed by atoms with Crippen LogP contribution < -0.4 is 0 Å². The molecule has 0 N–H and O–H groups in total. The highest BCUT2D eigenvalue weighted by molar-refractivity contribution is 5.99. The van der Waals surface area contributed by atoms with Crippen molar-refractivity contribution in [3.8, 4) is 0 Å². The fraction of sp³-hybridized carbons (Fsp3) is 0.800. The van der Waals surface area contributed by atoms with Gasteiger partial charge in [-0.3, -0.25) is 9.79 Å². The summed E-state index contributed by atoms with van der Waals surface area (Å²) in [6.07, 6.45) is 0.497. The molecule has 70 valence electrons. The van der Waals surface area contributed by atoms with Crippen LogP contribution in [0.15, 0.2) is 4.99 Å². The lowest BCUT2D eigenvalue weighted by Gasteiger charge is -2.11. The molecule has 1 unspecified atom stereocenters. The first-order chi connectivity index (χ1) is 5.43. The minimum atomic E-state index is 0.187. The van der Waals surface area contributed by atoms with Crippen molar-refractivity contribution in [2.24, 2.45) is 10.9 Å². The Morgan fingerprint density at radius 1 is 1.25 bits per heavy atom. The third-order valence-electron chi connectivity index (χ3n) is 1.89. The predicted molar refractivity (Wildman–Crippen MR) is 52.7 cm³/mol. The summed E-state index contributed by atoms with van der Waals surface area (Å²) in [6.45, 7) is 9.86. The summed E-state index contributed by atoms with van der Waals surface area (Å²) in [7, 11) is 0. The normalized spacial score (nSPS) is 15.0. The minimum absolute atomic E-state index is 0.187. The van der Waals surface area contributed by atoms with E-state index in [0.717, 1.165) is 5.71 Å². The lowest BCUT2D eigenvalue weighted by molar-refractivity contribution is -0.115. The number of hydrogen-bond acceptors (Lipinski definition) is 2. The molecule has 1 atom stereocenters. The van der Waals surface area contributed by atoms with E-state index in [0.29, 0.717) is 18.4 Å². The zero-order chi connectivity index (χ0) is 9.72. The average molecular weight is 169 g/mol. The Balaban J connectivity index is 4.06. The van der Waals surface area contributed by atoms with E-state index >= 15 is 0 Å². The van der Waals surface area contributed by atoms with Crippen molar-refractivity contribution in [1.82, 2.24) is 0 Å². The van der Waals surface area contributed by atoms with Gasteiger partial charge in [-0.25, -0.2) is 0 Å². The lowest BCUT2D eigenvalue weighted by Crippen LogP contribution is -2.11. The van der Waals surface area contributed by atoms with Crippen molar-refractivity contribution in [3.63, 3.8) is 0 Å². The van der Waals surface area contributed by atoms with Gasteiger partial charge in [-0.05, 0) is 26.7 Å². The number of rotatable bonds is 4. The van der Waals surface area contributed by atoms with E-state index in [-0.39, 0.29) is 5.78 Å². The second-order valence-corrected chi connectivity index (χ2v) is 3.73. The number of Topliss-reactive ketones (excluding diaryl/α,β-unsaturated/α-hetero) is 1. The Morgan fingerprint density at radius 2 is 1.75 bits per heavy atom. The monoisotopic (exact) mass is 169 g/mol. The number of carbonyl (C=O) groups excluding carboxylic acids is 1. The van der Waals surface area contributed by atoms with E-state index in [1.54, 1.807) is 6.92 Å². The summed E-state index contributed by atoms with van der Waals surface area (Å²) in [5.41, 5.74) is 0.948. The number of hydrogen-bond donors (Lipinski definition) is 0. The zero-order valence-electron chi connectivity index (χ0n) is 8.72. The van der Waals surface area contributed by atoms with Gasteiger partial charge in [0.1, 0.15) is 5.78 Å². The fourth-order valence-electron chi connectivity index (χ4n) is 0.903. The molecule has 0 spiro atoms. The molecule has 0 aliphatic carbocycles. The standard InChI is InChI=1S/C10H19NO/c1-7(2)10(5)11-8(3)6-9(4)12/h7,10H,6H2,1-5H3/b11-8+. The maximum Gasteiger partial charge on any atom is 0.135 e. The van der Waals surface area contributed by atoms with Crippen molar-refractivity contribution < 1.29 is 4.79 Å². The van der Waals surface area contributed by atoms with E-state index in [2.05, 4.69) is 25.8 Å². The van der Waals surface area contributed by atoms with Crippen LogP contribution in [0.25, 0.3) is 0 Å². The summed E-state index contributed by atoms with van der Waals surface area (Å²) < 4.78 is 0. The molecule has 0 rings (SSSR count). The zero-order valence-corrected chi connectivity index (χ0v) is 8.72. The van der Waals surface area contributed by atoms with Gasteiger partial charge in [0.05, 0.1) is 0 Å². The average Bonchev–Trinajstić information content (AvgIpc) is 1.84. The summed E-state index contributed by atoms with van der Waals surface area (Å²) in [4.78, 5) is 15.1. The van der Waals surface area contributed by atoms with E-state index in [4.69, 9.17) is 0 Å². The summed E-state index contributed by atoms with van der Waals surface area (Å²) >= 11 is 0. The lowest BCUT2D eigenvalue weighted by atomic mass is 10.1. The number of ketones is 1. The molecule has 12 heavy (non-hydrogen) atoms. The molecule has 0 aliphatic rings. The van der Waals surface area contributed by atoms with Crippen LogP contribution >= 0.6 is 0 Å². The van der Waals surface area contributed by atoms with Crippen LogP contribution in [0.3, 0.4) is 0 Å². The molecule has 2 nitrogen and oxygen atoms in total. The van der Waals surface area contributed by atoms with Gasteiger partial charge in [-0.1, -0.05) is 13.8 Å². The molecule has 0 aliphatic heterocycles. The van der Waals surface area contributed by atoms with Gasteiger partial charge in [0.2, 0.25) is 0 Å². The van der Waals surface area contributed by atoms with Gasteiger partial charge in [0, 0.05) is 18.2 Å². The Labute approximate surface area is 75.1 Å². The predicted octanol–water partition coefficient (Wildman–Crippen LogP) is 2.47. The number of nitrogens with zero attached hydrogens (tertiary/aromatic N) is 1. The first-order valence-electron chi connectivity index (χ1n) is 4.46. The highest BCUT2D eigenvalue weighted by Gasteiger charge is 2.05. The molecule has 0 heterocycles. The van der Waals surface area contributed by atoms with Gasteiger partial charge >= 0.3 is 0 Å². The second kappa shape index (κ2) is 5.07. The fourth-order valence-corrected chi connectivity index (χ4v) is 0.903. The molecule has 0 bridgehead atoms. The van der Waals surface area contributed by atoms with Crippen LogP contribution in [-0.2, 0) is 4.79 Å². The first kappa shape index (κ1) is 11.3. The minimum Gasteiger partial charge on any atom is -0.300 e. The van der Waals surface area contributed by atoms with Crippen LogP contribution in [0.4, 0.5) is 0 Å². The van der Waals surface area contributed by atoms with E-state index in [1.807, 2.05) is 6.92 Å². The molecule has 0 aromatic rings. The Kier molecular flexibility index (Phi) is 4.79. The maximum atomic E-state index is 10.7. The molecule has 0 saturated carbocycles. The maximum absolute atomic E-state index is 10.7. The van der Waals surface area contributed by atoms with Crippen molar-refractivity contribution in [3.05, 3.63) is 0 Å². The second-order valence-electron chi connectivity index (χ2n) is 3.73. The van der Waals surface area contributed by atoms with Gasteiger partial charge < -0.3 is 0 Å². The molecule has 0 amide bonds. The molecule has 0 aromatic heterocycles. The molecule has 0 fully saturated rings. The van der Waals surface area contributed by atoms with Gasteiger partial charge in [0.25, 0.3) is 0 Å². The quantitative estimate of drug-likeness (QED) is 0.594. The Bertz CT molecular complexity index is 182. The van der Waals surface area contributed by atoms with Gasteiger partial charge in [-0.15, -0.1) is 0 Å². The molecule has 0 saturated heterocycles. The van der Waals surface area contributed by atoms with Crippen molar-refractivity contribution in [1.29, 1.82) is 0 Å². The van der Waals surface area contributed by atoms with Crippen LogP contribution in [-0.4, -0.2) is 17.5 Å². The summed E-state index contributed by atoms with van der Waals surface area (Å²) in [5.74, 6) is 0.735. The van der Waals surface area contributed by atoms with E-state index in [9.17, 15) is 4.79 Å². The van der Waals surface area contributed by atoms with Crippen LogP contribution in [0.2, 0.25) is 0 Å². The van der Waals surface area contributed by atoms with Crippen LogP contribution in [0, 0.1) is 5.92 Å². The van der Waals surface area contributed by atoms with Gasteiger partial charge in [-0.2, -0.15) is 0 Å². The van der Waals surface area contributed by atoms with Crippen LogP contribution in [0.5, 0.6) is 0 Å². The SMILES string of the molecule is CC(=O)C/C(C)=N/C(C)C(C)C. The number of aliphatic imine (C=N–C) groups is 1. The third kappa shape index (κ3) is 5.05. The molecule has 2 heteroatoms.